The van der Waals surface area contributed by atoms with Crippen molar-refractivity contribution in [2.45, 2.75) is 32.3 Å². The van der Waals surface area contributed by atoms with Gasteiger partial charge in [0.2, 0.25) is 0 Å². The lowest BCUT2D eigenvalue weighted by Crippen LogP contribution is -2.38. The third kappa shape index (κ3) is 10.1. The maximum atomic E-state index is 9.83. The monoisotopic (exact) mass is 219 g/mol. The summed E-state index contributed by atoms with van der Waals surface area (Å²) in [5, 5.41) is 13.0. The highest BCUT2D eigenvalue weighted by Crippen LogP contribution is 2.09. The van der Waals surface area contributed by atoms with E-state index < -0.39 is 5.60 Å². The third-order valence-electron chi connectivity index (χ3n) is 2.15. The van der Waals surface area contributed by atoms with Gasteiger partial charge in [-0.25, -0.2) is 0 Å². The zero-order valence-electron chi connectivity index (χ0n) is 10.2. The highest BCUT2D eigenvalue weighted by molar-refractivity contribution is 4.74. The first-order valence-corrected chi connectivity index (χ1v) is 5.62. The Balaban J connectivity index is 3.22. The molecule has 0 saturated carbocycles. The molecule has 0 aliphatic heterocycles. The zero-order valence-corrected chi connectivity index (χ0v) is 10.2. The molecule has 0 aliphatic rings. The summed E-state index contributed by atoms with van der Waals surface area (Å²) in [5.41, 5.74) is -0.596. The molecule has 0 radical (unpaired) electrons. The molecular weight excluding hydrogens is 194 g/mol. The van der Waals surface area contributed by atoms with Crippen molar-refractivity contribution in [2.75, 3.05) is 40.0 Å². The molecule has 0 aromatic rings. The minimum absolute atomic E-state index is 0.596. The van der Waals surface area contributed by atoms with Gasteiger partial charge in [-0.05, 0) is 13.3 Å². The molecule has 92 valence electrons. The Morgan fingerprint density at radius 2 is 2.00 bits per heavy atom. The van der Waals surface area contributed by atoms with Gasteiger partial charge in [0.25, 0.3) is 0 Å². The number of hydrogen-bond acceptors (Lipinski definition) is 4. The smallest absolute Gasteiger partial charge is 0.0743 e. The first kappa shape index (κ1) is 14.8. The van der Waals surface area contributed by atoms with Gasteiger partial charge in [-0.15, -0.1) is 0 Å². The lowest BCUT2D eigenvalue weighted by molar-refractivity contribution is 0.0430. The summed E-state index contributed by atoms with van der Waals surface area (Å²) < 4.78 is 10.1. The first-order valence-electron chi connectivity index (χ1n) is 5.62. The van der Waals surface area contributed by atoms with E-state index in [-0.39, 0.29) is 0 Å². The number of aliphatic hydroxyl groups is 1. The van der Waals surface area contributed by atoms with Crippen LogP contribution >= 0.6 is 0 Å². The van der Waals surface area contributed by atoms with Crippen molar-refractivity contribution in [2.24, 2.45) is 0 Å². The third-order valence-corrected chi connectivity index (χ3v) is 2.15. The molecule has 0 aromatic heterocycles. The van der Waals surface area contributed by atoms with Gasteiger partial charge in [-0.2, -0.15) is 0 Å². The van der Waals surface area contributed by atoms with Crippen LogP contribution in [0.15, 0.2) is 0 Å². The van der Waals surface area contributed by atoms with E-state index in [4.69, 9.17) is 9.47 Å². The molecule has 0 rings (SSSR count). The van der Waals surface area contributed by atoms with E-state index in [0.29, 0.717) is 26.4 Å². The van der Waals surface area contributed by atoms with Crippen molar-refractivity contribution in [3.63, 3.8) is 0 Å². The normalized spacial score (nSPS) is 15.2. The highest BCUT2D eigenvalue weighted by atomic mass is 16.5. The second kappa shape index (κ2) is 9.09. The molecule has 1 atom stereocenters. The Morgan fingerprint density at radius 1 is 1.27 bits per heavy atom. The van der Waals surface area contributed by atoms with Gasteiger partial charge in [0.05, 0.1) is 25.4 Å². The van der Waals surface area contributed by atoms with Crippen LogP contribution in [0.2, 0.25) is 0 Å². The number of ether oxygens (including phenoxy) is 2. The zero-order chi connectivity index (χ0) is 11.6. The van der Waals surface area contributed by atoms with Crippen LogP contribution in [0.4, 0.5) is 0 Å². The molecule has 0 spiro atoms. The number of hydrogen-bond donors (Lipinski definition) is 2. The minimum Gasteiger partial charge on any atom is -0.389 e. The molecule has 0 aliphatic carbocycles. The Bertz CT molecular complexity index is 140. The summed E-state index contributed by atoms with van der Waals surface area (Å²) in [6.07, 6.45) is 1.82. The van der Waals surface area contributed by atoms with Gasteiger partial charge in [0.15, 0.2) is 0 Å². The summed E-state index contributed by atoms with van der Waals surface area (Å²) >= 11 is 0. The minimum atomic E-state index is -0.596. The van der Waals surface area contributed by atoms with Gasteiger partial charge in [0, 0.05) is 20.2 Å². The average molecular weight is 219 g/mol. The van der Waals surface area contributed by atoms with E-state index in [0.717, 1.165) is 19.4 Å². The van der Waals surface area contributed by atoms with E-state index >= 15 is 0 Å². The Kier molecular flexibility index (Phi) is 9.00. The molecule has 15 heavy (non-hydrogen) atoms. The van der Waals surface area contributed by atoms with Gasteiger partial charge in [-0.1, -0.05) is 13.3 Å². The summed E-state index contributed by atoms with van der Waals surface area (Å²) in [7, 11) is 1.66. The van der Waals surface area contributed by atoms with Crippen molar-refractivity contribution in [1.82, 2.24) is 5.32 Å². The predicted octanol–water partition coefficient (Wildman–Crippen LogP) is 0.790. The molecule has 4 nitrogen and oxygen atoms in total. The molecule has 4 heteroatoms. The van der Waals surface area contributed by atoms with Crippen LogP contribution in [0.3, 0.4) is 0 Å². The van der Waals surface area contributed by atoms with E-state index in [9.17, 15) is 5.11 Å². The molecule has 0 amide bonds. The number of rotatable bonds is 10. The van der Waals surface area contributed by atoms with E-state index in [1.54, 1.807) is 7.11 Å². The Morgan fingerprint density at radius 3 is 2.60 bits per heavy atom. The molecule has 2 N–H and O–H groups in total. The maximum Gasteiger partial charge on any atom is 0.0743 e. The second-order valence-corrected chi connectivity index (χ2v) is 4.03. The fourth-order valence-electron chi connectivity index (χ4n) is 1.37. The second-order valence-electron chi connectivity index (χ2n) is 4.03. The molecule has 1 unspecified atom stereocenters. The molecule has 0 saturated heterocycles. The van der Waals surface area contributed by atoms with Crippen LogP contribution in [0, 0.1) is 0 Å². The highest BCUT2D eigenvalue weighted by Gasteiger charge is 2.17. The van der Waals surface area contributed by atoms with Gasteiger partial charge in [0.1, 0.15) is 0 Å². The van der Waals surface area contributed by atoms with Gasteiger partial charge < -0.3 is 19.9 Å². The van der Waals surface area contributed by atoms with Gasteiger partial charge in [-0.3, -0.25) is 0 Å². The first-order chi connectivity index (χ1) is 7.12. The largest absolute Gasteiger partial charge is 0.389 e. The summed E-state index contributed by atoms with van der Waals surface area (Å²) in [5.74, 6) is 0. The predicted molar refractivity (Wildman–Crippen MR) is 61.1 cm³/mol. The molecule has 0 aromatic carbocycles. The average Bonchev–Trinajstić information content (AvgIpc) is 2.16. The van der Waals surface area contributed by atoms with Crippen LogP contribution in [-0.4, -0.2) is 50.7 Å². The van der Waals surface area contributed by atoms with E-state index in [1.807, 2.05) is 6.92 Å². The van der Waals surface area contributed by atoms with E-state index in [2.05, 4.69) is 12.2 Å². The SMILES string of the molecule is CCCC(C)(O)CNCCOCCOC. The van der Waals surface area contributed by atoms with Crippen LogP contribution in [0.1, 0.15) is 26.7 Å². The standard InChI is InChI=1S/C11H25NO3/c1-4-5-11(2,13)10-12-6-7-15-9-8-14-3/h12-13H,4-10H2,1-3H3. The van der Waals surface area contributed by atoms with E-state index in [1.165, 1.54) is 0 Å². The van der Waals surface area contributed by atoms with Gasteiger partial charge >= 0.3 is 0 Å². The summed E-state index contributed by atoms with van der Waals surface area (Å²) in [4.78, 5) is 0. The molecular formula is C11H25NO3. The quantitative estimate of drug-likeness (QED) is 0.533. The molecule has 0 fully saturated rings. The summed E-state index contributed by atoms with van der Waals surface area (Å²) in [6, 6.07) is 0. The Hall–Kier alpha value is -0.160. The fraction of sp³-hybridized carbons (Fsp3) is 1.00. The van der Waals surface area contributed by atoms with Crippen LogP contribution < -0.4 is 5.32 Å². The molecule has 0 bridgehead atoms. The van der Waals surface area contributed by atoms with Crippen molar-refractivity contribution >= 4 is 0 Å². The molecule has 0 heterocycles. The van der Waals surface area contributed by atoms with Crippen LogP contribution in [0.25, 0.3) is 0 Å². The number of nitrogens with one attached hydrogen (secondary N) is 1. The fourth-order valence-corrected chi connectivity index (χ4v) is 1.37. The van der Waals surface area contributed by atoms with Crippen molar-refractivity contribution < 1.29 is 14.6 Å². The van der Waals surface area contributed by atoms with Crippen molar-refractivity contribution in [3.05, 3.63) is 0 Å². The summed E-state index contributed by atoms with van der Waals surface area (Å²) in [6.45, 7) is 7.23. The lowest BCUT2D eigenvalue weighted by atomic mass is 10.0. The van der Waals surface area contributed by atoms with Crippen LogP contribution in [-0.2, 0) is 9.47 Å². The number of methoxy groups -OCH3 is 1. The van der Waals surface area contributed by atoms with Crippen molar-refractivity contribution in [3.8, 4) is 0 Å². The maximum absolute atomic E-state index is 9.83. The Labute approximate surface area is 93.0 Å². The lowest BCUT2D eigenvalue weighted by Gasteiger charge is -2.22. The van der Waals surface area contributed by atoms with Crippen LogP contribution in [0.5, 0.6) is 0 Å². The van der Waals surface area contributed by atoms with Crippen molar-refractivity contribution in [1.29, 1.82) is 0 Å². The topological polar surface area (TPSA) is 50.7 Å².